The first-order valence-electron chi connectivity index (χ1n) is 11.8. The van der Waals surface area contributed by atoms with Gasteiger partial charge in [0.2, 0.25) is 5.91 Å². The van der Waals surface area contributed by atoms with Crippen LogP contribution in [0.25, 0.3) is 0 Å². The number of piperazine rings is 1. The summed E-state index contributed by atoms with van der Waals surface area (Å²) >= 11 is 0. The van der Waals surface area contributed by atoms with E-state index in [0.29, 0.717) is 18.8 Å². The minimum Gasteiger partial charge on any atom is -0.423 e. The number of fused-ring (bicyclic) bond motifs is 1. The van der Waals surface area contributed by atoms with Crippen molar-refractivity contribution in [3.63, 3.8) is 0 Å². The Morgan fingerprint density at radius 2 is 1.50 bits per heavy atom. The fourth-order valence-electron chi connectivity index (χ4n) is 4.88. The Morgan fingerprint density at radius 3 is 2.12 bits per heavy atom. The van der Waals surface area contributed by atoms with Crippen LogP contribution in [0.4, 0.5) is 5.69 Å². The number of rotatable bonds is 5. The normalized spacial score (nSPS) is 16.4. The molecule has 0 aromatic heterocycles. The van der Waals surface area contributed by atoms with Crippen molar-refractivity contribution in [2.24, 2.45) is 0 Å². The van der Waals surface area contributed by atoms with Gasteiger partial charge in [0, 0.05) is 26.2 Å². The molecule has 6 nitrogen and oxygen atoms in total. The molecule has 3 aromatic rings. The molecule has 5 rings (SSSR count). The van der Waals surface area contributed by atoms with Crippen molar-refractivity contribution in [1.82, 2.24) is 9.80 Å². The number of carbonyl (C=O) groups is 2. The van der Waals surface area contributed by atoms with E-state index in [2.05, 4.69) is 53.4 Å². The van der Waals surface area contributed by atoms with Gasteiger partial charge in [-0.05, 0) is 35.7 Å². The molecule has 3 aromatic carbocycles. The number of hydrogen-bond acceptors (Lipinski definition) is 5. The number of ether oxygens (including phenoxy) is 1. The van der Waals surface area contributed by atoms with Crippen LogP contribution in [-0.2, 0) is 9.59 Å². The third-order valence-electron chi connectivity index (χ3n) is 6.59. The van der Waals surface area contributed by atoms with Crippen molar-refractivity contribution in [3.05, 3.63) is 95.6 Å². The molecule has 34 heavy (non-hydrogen) atoms. The van der Waals surface area contributed by atoms with Crippen LogP contribution in [0.1, 0.15) is 22.7 Å². The molecule has 174 valence electrons. The Balaban J connectivity index is 1.27. The Bertz CT molecular complexity index is 1120. The van der Waals surface area contributed by atoms with Crippen LogP contribution < -0.4 is 9.64 Å². The van der Waals surface area contributed by atoms with Crippen LogP contribution in [-0.4, -0.2) is 60.9 Å². The fraction of sp³-hybridized carbons (Fsp3) is 0.286. The number of carbonyl (C=O) groups excluding carboxylic acids is 2. The summed E-state index contributed by atoms with van der Waals surface area (Å²) in [5.74, 6) is 0.239. The molecule has 0 atom stereocenters. The number of nitrogens with zero attached hydrogens (tertiary/aromatic N) is 3. The quantitative estimate of drug-likeness (QED) is 0.434. The Morgan fingerprint density at radius 1 is 0.882 bits per heavy atom. The van der Waals surface area contributed by atoms with E-state index in [4.69, 9.17) is 4.74 Å². The summed E-state index contributed by atoms with van der Waals surface area (Å²) in [6, 6.07) is 27.0. The van der Waals surface area contributed by atoms with E-state index in [1.807, 2.05) is 47.1 Å². The Hall–Kier alpha value is -3.64. The highest BCUT2D eigenvalue weighted by atomic mass is 16.5. The molecule has 1 fully saturated rings. The molecule has 1 saturated heterocycles. The smallest absolute Gasteiger partial charge is 0.331 e. The first-order valence-corrected chi connectivity index (χ1v) is 11.8. The summed E-state index contributed by atoms with van der Waals surface area (Å²) < 4.78 is 5.38. The second-order valence-corrected chi connectivity index (χ2v) is 8.94. The zero-order chi connectivity index (χ0) is 23.5. The summed E-state index contributed by atoms with van der Waals surface area (Å²) in [4.78, 5) is 31.5. The average Bonchev–Trinajstić information content (AvgIpc) is 2.85. The standard InChI is InChI=1S/C28H29N3O3/c1-21-12-13-24-25(18-21)34-27(33)20-31(24)19-26(32)29-14-16-30(17-15-29)28(22-8-4-2-5-9-22)23-10-6-3-7-11-23/h2-13,18,28H,14-17,19-20H2,1H3. The van der Waals surface area contributed by atoms with Crippen LogP contribution in [0.15, 0.2) is 78.9 Å². The largest absolute Gasteiger partial charge is 0.423 e. The van der Waals surface area contributed by atoms with E-state index in [0.717, 1.165) is 24.3 Å². The molecule has 0 N–H and O–H groups in total. The Labute approximate surface area is 200 Å². The zero-order valence-electron chi connectivity index (χ0n) is 19.4. The highest BCUT2D eigenvalue weighted by Crippen LogP contribution is 2.33. The van der Waals surface area contributed by atoms with Crippen molar-refractivity contribution in [1.29, 1.82) is 0 Å². The minimum absolute atomic E-state index is 0.0387. The number of aryl methyl sites for hydroxylation is 1. The van der Waals surface area contributed by atoms with Crippen LogP contribution in [0, 0.1) is 6.92 Å². The summed E-state index contributed by atoms with van der Waals surface area (Å²) in [6.07, 6.45) is 0. The number of anilines is 1. The lowest BCUT2D eigenvalue weighted by Gasteiger charge is -2.40. The molecule has 0 bridgehead atoms. The molecule has 0 aliphatic carbocycles. The van der Waals surface area contributed by atoms with Gasteiger partial charge in [0.15, 0.2) is 5.75 Å². The van der Waals surface area contributed by atoms with E-state index in [1.54, 1.807) is 0 Å². The number of benzene rings is 3. The fourth-order valence-corrected chi connectivity index (χ4v) is 4.88. The first kappa shape index (κ1) is 22.2. The summed E-state index contributed by atoms with van der Waals surface area (Å²) in [5.41, 5.74) is 4.33. The molecule has 0 unspecified atom stereocenters. The van der Waals surface area contributed by atoms with E-state index in [1.165, 1.54) is 11.1 Å². The van der Waals surface area contributed by atoms with Gasteiger partial charge in [-0.25, -0.2) is 4.79 Å². The van der Waals surface area contributed by atoms with Crippen molar-refractivity contribution in [2.75, 3.05) is 44.2 Å². The van der Waals surface area contributed by atoms with Gasteiger partial charge in [-0.3, -0.25) is 9.69 Å². The van der Waals surface area contributed by atoms with Gasteiger partial charge in [0.25, 0.3) is 0 Å². The third kappa shape index (κ3) is 4.68. The highest BCUT2D eigenvalue weighted by Gasteiger charge is 2.31. The predicted octanol–water partition coefficient (Wildman–Crippen LogP) is 3.65. The molecule has 2 aliphatic heterocycles. The lowest BCUT2D eigenvalue weighted by molar-refractivity contribution is -0.134. The van der Waals surface area contributed by atoms with Crippen LogP contribution in [0.2, 0.25) is 0 Å². The molecule has 0 radical (unpaired) electrons. The van der Waals surface area contributed by atoms with E-state index in [9.17, 15) is 9.59 Å². The highest BCUT2D eigenvalue weighted by molar-refractivity contribution is 5.89. The van der Waals surface area contributed by atoms with Crippen LogP contribution in [0.5, 0.6) is 5.75 Å². The first-order chi connectivity index (χ1) is 16.6. The van der Waals surface area contributed by atoms with E-state index < -0.39 is 0 Å². The molecule has 6 heteroatoms. The molecule has 1 amide bonds. The maximum absolute atomic E-state index is 13.2. The van der Waals surface area contributed by atoms with Crippen molar-refractivity contribution in [2.45, 2.75) is 13.0 Å². The summed E-state index contributed by atoms with van der Waals surface area (Å²) in [7, 11) is 0. The molecule has 0 saturated carbocycles. The SMILES string of the molecule is Cc1ccc2c(c1)OC(=O)CN2CC(=O)N1CCN(C(c2ccccc2)c2ccccc2)CC1. The zero-order valence-corrected chi connectivity index (χ0v) is 19.4. The minimum atomic E-state index is -0.329. The van der Waals surface area contributed by atoms with Gasteiger partial charge in [0.1, 0.15) is 6.54 Å². The Kier molecular flexibility index (Phi) is 6.32. The maximum atomic E-state index is 13.2. The van der Waals surface area contributed by atoms with Gasteiger partial charge in [-0.2, -0.15) is 0 Å². The molecular formula is C28H29N3O3. The van der Waals surface area contributed by atoms with Crippen LogP contribution in [0.3, 0.4) is 0 Å². The van der Waals surface area contributed by atoms with Crippen molar-refractivity contribution in [3.8, 4) is 5.75 Å². The predicted molar refractivity (Wildman–Crippen MR) is 132 cm³/mol. The average molecular weight is 456 g/mol. The van der Waals surface area contributed by atoms with Gasteiger partial charge in [0.05, 0.1) is 18.3 Å². The molecule has 0 spiro atoms. The lowest BCUT2D eigenvalue weighted by Crippen LogP contribution is -2.53. The second kappa shape index (κ2) is 9.69. The number of esters is 1. The number of amides is 1. The third-order valence-corrected chi connectivity index (χ3v) is 6.59. The van der Waals surface area contributed by atoms with E-state index in [-0.39, 0.29) is 31.0 Å². The van der Waals surface area contributed by atoms with Gasteiger partial charge in [-0.1, -0.05) is 66.7 Å². The van der Waals surface area contributed by atoms with E-state index >= 15 is 0 Å². The van der Waals surface area contributed by atoms with Crippen molar-refractivity contribution >= 4 is 17.6 Å². The lowest BCUT2D eigenvalue weighted by atomic mass is 9.96. The van der Waals surface area contributed by atoms with Gasteiger partial charge < -0.3 is 14.5 Å². The topological polar surface area (TPSA) is 53.1 Å². The second-order valence-electron chi connectivity index (χ2n) is 8.94. The van der Waals surface area contributed by atoms with Gasteiger partial charge >= 0.3 is 5.97 Å². The molecule has 2 heterocycles. The van der Waals surface area contributed by atoms with Gasteiger partial charge in [-0.15, -0.1) is 0 Å². The monoisotopic (exact) mass is 455 g/mol. The van der Waals surface area contributed by atoms with Crippen molar-refractivity contribution < 1.29 is 14.3 Å². The van der Waals surface area contributed by atoms with Crippen LogP contribution >= 0.6 is 0 Å². The molecular weight excluding hydrogens is 426 g/mol. The maximum Gasteiger partial charge on any atom is 0.331 e. The summed E-state index contributed by atoms with van der Waals surface area (Å²) in [6.45, 7) is 5.12. The number of hydrogen-bond donors (Lipinski definition) is 0. The molecule has 2 aliphatic rings. The summed E-state index contributed by atoms with van der Waals surface area (Å²) in [5, 5.41) is 0.